The van der Waals surface area contributed by atoms with Crippen molar-refractivity contribution >= 4 is 16.9 Å². The van der Waals surface area contributed by atoms with Gasteiger partial charge in [-0.05, 0) is 30.2 Å². The van der Waals surface area contributed by atoms with E-state index in [1.165, 1.54) is 30.5 Å². The van der Waals surface area contributed by atoms with Gasteiger partial charge in [0.05, 0.1) is 5.39 Å². The van der Waals surface area contributed by atoms with Gasteiger partial charge in [-0.2, -0.15) is 0 Å². The summed E-state index contributed by atoms with van der Waals surface area (Å²) < 4.78 is 0. The second-order valence-electron chi connectivity index (χ2n) is 5.25. The van der Waals surface area contributed by atoms with Crippen LogP contribution in [-0.2, 0) is 6.42 Å². The van der Waals surface area contributed by atoms with Gasteiger partial charge in [-0.1, -0.05) is 6.92 Å². The van der Waals surface area contributed by atoms with Crippen LogP contribution in [0, 0.1) is 11.8 Å². The number of piperidine rings is 1. The summed E-state index contributed by atoms with van der Waals surface area (Å²) >= 11 is 0. The molecule has 4 nitrogen and oxygen atoms in total. The van der Waals surface area contributed by atoms with Crippen molar-refractivity contribution in [2.75, 3.05) is 18.0 Å². The zero-order valence-electron chi connectivity index (χ0n) is 9.98. The molecule has 1 saturated heterocycles. The Balaban J connectivity index is 1.85. The molecular weight excluding hydrogens is 212 g/mol. The van der Waals surface area contributed by atoms with Gasteiger partial charge in [0.2, 0.25) is 0 Å². The second-order valence-corrected chi connectivity index (χ2v) is 5.25. The number of rotatable bonds is 2. The third-order valence-corrected chi connectivity index (χ3v) is 4.19. The predicted octanol–water partition coefficient (Wildman–Crippen LogP) is 1.98. The minimum Gasteiger partial charge on any atom is -0.355 e. The van der Waals surface area contributed by atoms with E-state index in [0.717, 1.165) is 29.7 Å². The van der Waals surface area contributed by atoms with Gasteiger partial charge >= 0.3 is 0 Å². The maximum atomic E-state index is 4.52. The second kappa shape index (κ2) is 3.22. The first-order valence-electron chi connectivity index (χ1n) is 6.42. The molecule has 0 aromatic carbocycles. The number of nitrogens with one attached hydrogen (secondary N) is 1. The van der Waals surface area contributed by atoms with E-state index in [1.54, 1.807) is 6.33 Å². The summed E-state index contributed by atoms with van der Waals surface area (Å²) in [6.07, 6.45) is 6.21. The molecule has 2 aromatic heterocycles. The van der Waals surface area contributed by atoms with Crippen LogP contribution in [0.2, 0.25) is 0 Å². The molecule has 1 saturated carbocycles. The molecule has 4 rings (SSSR count). The molecule has 2 aliphatic rings. The van der Waals surface area contributed by atoms with Crippen LogP contribution in [0.1, 0.15) is 18.9 Å². The lowest BCUT2D eigenvalue weighted by molar-refractivity contribution is 0.807. The van der Waals surface area contributed by atoms with Crippen molar-refractivity contribution < 1.29 is 0 Å². The fraction of sp³-hybridized carbons (Fsp3) is 0.538. The van der Waals surface area contributed by atoms with E-state index in [4.69, 9.17) is 0 Å². The van der Waals surface area contributed by atoms with Gasteiger partial charge in [-0.3, -0.25) is 0 Å². The Hall–Kier alpha value is -1.58. The minimum atomic E-state index is 0.934. The van der Waals surface area contributed by atoms with E-state index in [1.807, 2.05) is 0 Å². The Morgan fingerprint density at radius 2 is 2.18 bits per heavy atom. The molecule has 17 heavy (non-hydrogen) atoms. The monoisotopic (exact) mass is 228 g/mol. The van der Waals surface area contributed by atoms with Gasteiger partial charge in [0, 0.05) is 19.3 Å². The number of hydrogen-bond acceptors (Lipinski definition) is 3. The molecule has 1 N–H and O–H groups in total. The van der Waals surface area contributed by atoms with Gasteiger partial charge in [0.1, 0.15) is 17.8 Å². The largest absolute Gasteiger partial charge is 0.355 e. The first-order chi connectivity index (χ1) is 8.36. The minimum absolute atomic E-state index is 0.934. The van der Waals surface area contributed by atoms with Gasteiger partial charge in [0.15, 0.2) is 0 Å². The zero-order valence-corrected chi connectivity index (χ0v) is 9.98. The first-order valence-corrected chi connectivity index (χ1v) is 6.42. The van der Waals surface area contributed by atoms with E-state index in [0.29, 0.717) is 0 Å². The highest BCUT2D eigenvalue weighted by Gasteiger charge is 2.45. The number of aryl methyl sites for hydroxylation is 1. The van der Waals surface area contributed by atoms with Crippen LogP contribution in [0.25, 0.3) is 11.0 Å². The maximum Gasteiger partial charge on any atom is 0.143 e. The molecule has 1 aliphatic carbocycles. The van der Waals surface area contributed by atoms with Crippen molar-refractivity contribution in [1.82, 2.24) is 15.0 Å². The van der Waals surface area contributed by atoms with E-state index in [-0.39, 0.29) is 0 Å². The molecule has 2 unspecified atom stereocenters. The average Bonchev–Trinajstić information content (AvgIpc) is 2.80. The molecule has 0 bridgehead atoms. The molecule has 2 fully saturated rings. The van der Waals surface area contributed by atoms with Crippen molar-refractivity contribution in [2.24, 2.45) is 11.8 Å². The number of nitrogens with zero attached hydrogens (tertiary/aromatic N) is 3. The van der Waals surface area contributed by atoms with Crippen molar-refractivity contribution in [1.29, 1.82) is 0 Å². The normalized spacial score (nSPS) is 26.5. The quantitative estimate of drug-likeness (QED) is 0.854. The number of anilines is 1. The summed E-state index contributed by atoms with van der Waals surface area (Å²) in [4.78, 5) is 14.5. The number of fused-ring (bicyclic) bond motifs is 2. The Labute approximate surface area is 100 Å². The fourth-order valence-corrected chi connectivity index (χ4v) is 3.10. The molecule has 4 heteroatoms. The van der Waals surface area contributed by atoms with Crippen molar-refractivity contribution in [3.05, 3.63) is 18.1 Å². The van der Waals surface area contributed by atoms with Crippen LogP contribution < -0.4 is 4.90 Å². The third-order valence-electron chi connectivity index (χ3n) is 4.19. The maximum absolute atomic E-state index is 4.52. The number of H-pyrrole nitrogens is 1. The Bertz CT molecular complexity index is 564. The predicted molar refractivity (Wildman–Crippen MR) is 67.1 cm³/mol. The SMILES string of the molecule is CCc1c[nH]c2ncnc(N3CC4CC4C3)c12. The van der Waals surface area contributed by atoms with E-state index < -0.39 is 0 Å². The molecular formula is C13H16N4. The van der Waals surface area contributed by atoms with E-state index in [2.05, 4.69) is 33.0 Å². The van der Waals surface area contributed by atoms with Gasteiger partial charge < -0.3 is 9.88 Å². The van der Waals surface area contributed by atoms with Crippen LogP contribution in [0.4, 0.5) is 5.82 Å². The molecule has 0 amide bonds. The van der Waals surface area contributed by atoms with E-state index >= 15 is 0 Å². The topological polar surface area (TPSA) is 44.8 Å². The first kappa shape index (κ1) is 9.45. The highest BCUT2D eigenvalue weighted by atomic mass is 15.2. The molecule has 3 heterocycles. The summed E-state index contributed by atoms with van der Waals surface area (Å²) in [6.45, 7) is 4.55. The fourth-order valence-electron chi connectivity index (χ4n) is 3.10. The Kier molecular flexibility index (Phi) is 1.79. The molecule has 2 atom stereocenters. The van der Waals surface area contributed by atoms with Crippen LogP contribution in [0.15, 0.2) is 12.5 Å². The summed E-state index contributed by atoms with van der Waals surface area (Å²) in [5.74, 6) is 3.01. The number of aromatic amines is 1. The summed E-state index contributed by atoms with van der Waals surface area (Å²) in [5.41, 5.74) is 2.31. The molecule has 0 spiro atoms. The van der Waals surface area contributed by atoms with Gasteiger partial charge in [-0.15, -0.1) is 0 Å². The summed E-state index contributed by atoms with van der Waals surface area (Å²) in [5, 5.41) is 1.23. The van der Waals surface area contributed by atoms with Crippen molar-refractivity contribution in [3.8, 4) is 0 Å². The Morgan fingerprint density at radius 1 is 1.35 bits per heavy atom. The van der Waals surface area contributed by atoms with Crippen LogP contribution in [0.3, 0.4) is 0 Å². The average molecular weight is 228 g/mol. The van der Waals surface area contributed by atoms with Crippen LogP contribution >= 0.6 is 0 Å². The smallest absolute Gasteiger partial charge is 0.143 e. The lowest BCUT2D eigenvalue weighted by Gasteiger charge is -2.19. The van der Waals surface area contributed by atoms with Gasteiger partial charge in [0.25, 0.3) is 0 Å². The highest BCUT2D eigenvalue weighted by Crippen LogP contribution is 2.46. The summed E-state index contributed by atoms with van der Waals surface area (Å²) in [6, 6.07) is 0. The standard InChI is InChI=1S/C13H16N4/c1-2-8-4-14-12-11(8)13(16-7-15-12)17-5-9-3-10(9)6-17/h4,7,9-10H,2-3,5-6H2,1H3,(H,14,15,16). The summed E-state index contributed by atoms with van der Waals surface area (Å²) in [7, 11) is 0. The van der Waals surface area contributed by atoms with Crippen LogP contribution in [0.5, 0.6) is 0 Å². The molecule has 1 aliphatic heterocycles. The lowest BCUT2D eigenvalue weighted by Crippen LogP contribution is -2.23. The molecule has 88 valence electrons. The highest BCUT2D eigenvalue weighted by molar-refractivity contribution is 5.91. The molecule has 2 aromatic rings. The zero-order chi connectivity index (χ0) is 11.4. The van der Waals surface area contributed by atoms with Gasteiger partial charge in [-0.25, -0.2) is 9.97 Å². The third kappa shape index (κ3) is 1.30. The van der Waals surface area contributed by atoms with Crippen LogP contribution in [-0.4, -0.2) is 28.0 Å². The van der Waals surface area contributed by atoms with Crippen molar-refractivity contribution in [3.63, 3.8) is 0 Å². The number of aromatic nitrogens is 3. The molecule has 0 radical (unpaired) electrons. The van der Waals surface area contributed by atoms with E-state index in [9.17, 15) is 0 Å². The van der Waals surface area contributed by atoms with Crippen molar-refractivity contribution in [2.45, 2.75) is 19.8 Å². The Morgan fingerprint density at radius 3 is 2.94 bits per heavy atom. The number of hydrogen-bond donors (Lipinski definition) is 1. The lowest BCUT2D eigenvalue weighted by atomic mass is 10.2.